The fraction of sp³-hybridized carbons (Fsp3) is 0.250. The van der Waals surface area contributed by atoms with Crippen molar-refractivity contribution in [3.8, 4) is 0 Å². The van der Waals surface area contributed by atoms with Crippen molar-refractivity contribution < 1.29 is 19.4 Å². The average molecular weight is 445 g/mol. The number of carbonyl (C=O) groups is 1. The number of ether oxygens (including phenoxy) is 2. The summed E-state index contributed by atoms with van der Waals surface area (Å²) >= 11 is 0. The molecule has 5 rings (SSSR count). The van der Waals surface area contributed by atoms with Gasteiger partial charge < -0.3 is 19.9 Å². The van der Waals surface area contributed by atoms with E-state index in [0.717, 1.165) is 5.56 Å². The van der Waals surface area contributed by atoms with E-state index in [-0.39, 0.29) is 6.61 Å². The molecule has 0 amide bonds. The maximum absolute atomic E-state index is 12.2. The first-order chi connectivity index (χ1) is 16.2. The van der Waals surface area contributed by atoms with Crippen molar-refractivity contribution in [3.63, 3.8) is 0 Å². The van der Waals surface area contributed by atoms with E-state index in [1.807, 2.05) is 36.4 Å². The molecule has 3 atom stereocenters. The Labute approximate surface area is 190 Å². The highest BCUT2D eigenvalue weighted by molar-refractivity contribution is 5.89. The lowest BCUT2D eigenvalue weighted by atomic mass is 10.2. The average Bonchev–Trinajstić information content (AvgIpc) is 3.46. The number of fused-ring (bicyclic) bond motifs is 1. The van der Waals surface area contributed by atoms with Crippen LogP contribution in [0.2, 0.25) is 0 Å². The lowest BCUT2D eigenvalue weighted by molar-refractivity contribution is -0.0509. The number of rotatable bonds is 7. The monoisotopic (exact) mass is 445 g/mol. The summed E-state index contributed by atoms with van der Waals surface area (Å²) in [6, 6.07) is 18.7. The van der Waals surface area contributed by atoms with E-state index < -0.39 is 24.4 Å². The van der Waals surface area contributed by atoms with Crippen LogP contribution >= 0.6 is 0 Å². The molecule has 4 aromatic rings. The van der Waals surface area contributed by atoms with Crippen LogP contribution in [0.4, 0.5) is 5.82 Å². The third-order valence-corrected chi connectivity index (χ3v) is 5.56. The van der Waals surface area contributed by atoms with E-state index in [1.165, 1.54) is 6.33 Å². The maximum Gasteiger partial charge on any atom is 0.338 e. The summed E-state index contributed by atoms with van der Waals surface area (Å²) in [5, 5.41) is 13.8. The van der Waals surface area contributed by atoms with Gasteiger partial charge in [0.05, 0.1) is 18.0 Å². The molecule has 1 fully saturated rings. The molecule has 9 heteroatoms. The fourth-order valence-electron chi connectivity index (χ4n) is 3.82. The van der Waals surface area contributed by atoms with Crippen LogP contribution in [0.3, 0.4) is 0 Å². The number of hydrogen-bond acceptors (Lipinski definition) is 8. The van der Waals surface area contributed by atoms with Crippen LogP contribution in [0.1, 0.15) is 28.6 Å². The standard InChI is InChI=1S/C24H23N5O4/c30-18-11-20(33-19(18)13-32-24(31)17-9-5-2-6-10-17)29-15-28-21-22(26-14-27-23(21)29)25-12-16-7-3-1-4-8-16/h1-10,14-15,18-20,30H,11-13H2,(H,25,26,27)/t18-,19+,20+/m0/s1. The lowest BCUT2D eigenvalue weighted by Crippen LogP contribution is -2.28. The number of carbonyl (C=O) groups excluding carboxylic acids is 1. The Bertz CT molecular complexity index is 1230. The first-order valence-electron chi connectivity index (χ1n) is 10.7. The van der Waals surface area contributed by atoms with Crippen molar-refractivity contribution in [2.75, 3.05) is 11.9 Å². The van der Waals surface area contributed by atoms with Crippen molar-refractivity contribution in [3.05, 3.63) is 84.4 Å². The van der Waals surface area contributed by atoms with Gasteiger partial charge in [0, 0.05) is 13.0 Å². The molecule has 1 aliphatic rings. The summed E-state index contributed by atoms with van der Waals surface area (Å²) in [6.07, 6.45) is 1.52. The van der Waals surface area contributed by atoms with Gasteiger partial charge >= 0.3 is 5.97 Å². The van der Waals surface area contributed by atoms with Gasteiger partial charge in [-0.3, -0.25) is 4.57 Å². The van der Waals surface area contributed by atoms with Crippen molar-refractivity contribution in [1.29, 1.82) is 0 Å². The zero-order valence-electron chi connectivity index (χ0n) is 17.7. The molecule has 1 aliphatic heterocycles. The molecule has 33 heavy (non-hydrogen) atoms. The van der Waals surface area contributed by atoms with Gasteiger partial charge in [-0.15, -0.1) is 0 Å². The van der Waals surface area contributed by atoms with E-state index in [9.17, 15) is 9.90 Å². The van der Waals surface area contributed by atoms with Crippen molar-refractivity contribution in [2.45, 2.75) is 31.4 Å². The zero-order valence-corrected chi connectivity index (χ0v) is 17.7. The van der Waals surface area contributed by atoms with Crippen LogP contribution in [0.25, 0.3) is 11.2 Å². The zero-order chi connectivity index (χ0) is 22.6. The molecule has 3 heterocycles. The topological polar surface area (TPSA) is 111 Å². The smallest absolute Gasteiger partial charge is 0.338 e. The molecular weight excluding hydrogens is 422 g/mol. The number of aliphatic hydroxyl groups is 1. The molecule has 0 saturated carbocycles. The van der Waals surface area contributed by atoms with Crippen LogP contribution < -0.4 is 5.32 Å². The number of benzene rings is 2. The van der Waals surface area contributed by atoms with Gasteiger partial charge in [-0.2, -0.15) is 0 Å². The molecule has 0 spiro atoms. The predicted molar refractivity (Wildman–Crippen MR) is 120 cm³/mol. The molecule has 0 bridgehead atoms. The summed E-state index contributed by atoms with van der Waals surface area (Å²) in [5.74, 6) is 0.166. The highest BCUT2D eigenvalue weighted by atomic mass is 16.6. The van der Waals surface area contributed by atoms with Gasteiger partial charge in [-0.1, -0.05) is 48.5 Å². The Morgan fingerprint density at radius 3 is 2.64 bits per heavy atom. The van der Waals surface area contributed by atoms with Crippen LogP contribution in [0, 0.1) is 0 Å². The number of esters is 1. The first kappa shape index (κ1) is 21.0. The van der Waals surface area contributed by atoms with Gasteiger partial charge in [-0.05, 0) is 17.7 Å². The minimum absolute atomic E-state index is 0.0448. The Hall–Kier alpha value is -3.82. The lowest BCUT2D eigenvalue weighted by Gasteiger charge is -2.16. The van der Waals surface area contributed by atoms with E-state index in [4.69, 9.17) is 9.47 Å². The SMILES string of the molecule is O=C(OC[C@H]1O[C@@H](n2cnc3c(NCc4ccccc4)ncnc32)C[C@@H]1O)c1ccccc1. The molecular formula is C24H23N5O4. The van der Waals surface area contributed by atoms with Crippen LogP contribution in [0.5, 0.6) is 0 Å². The van der Waals surface area contributed by atoms with Crippen LogP contribution in [-0.2, 0) is 16.0 Å². The second-order valence-corrected chi connectivity index (χ2v) is 7.78. The molecule has 2 N–H and O–H groups in total. The molecule has 9 nitrogen and oxygen atoms in total. The van der Waals surface area contributed by atoms with E-state index >= 15 is 0 Å². The first-order valence-corrected chi connectivity index (χ1v) is 10.7. The highest BCUT2D eigenvalue weighted by Crippen LogP contribution is 2.32. The number of nitrogens with one attached hydrogen (secondary N) is 1. The number of aliphatic hydroxyl groups excluding tert-OH is 1. The number of aromatic nitrogens is 4. The summed E-state index contributed by atoms with van der Waals surface area (Å²) in [4.78, 5) is 25.4. The third kappa shape index (κ3) is 4.55. The Morgan fingerprint density at radius 1 is 1.09 bits per heavy atom. The normalized spacial score (nSPS) is 20.1. The minimum atomic E-state index is -0.784. The predicted octanol–water partition coefficient (Wildman–Crippen LogP) is 2.94. The molecule has 0 unspecified atom stereocenters. The Kier molecular flexibility index (Phi) is 5.97. The van der Waals surface area contributed by atoms with Crippen molar-refractivity contribution >= 4 is 23.0 Å². The van der Waals surface area contributed by atoms with Crippen molar-refractivity contribution in [2.24, 2.45) is 0 Å². The van der Waals surface area contributed by atoms with Crippen LogP contribution in [0.15, 0.2) is 73.3 Å². The molecule has 1 saturated heterocycles. The molecule has 2 aromatic heterocycles. The summed E-state index contributed by atoms with van der Waals surface area (Å²) in [7, 11) is 0. The largest absolute Gasteiger partial charge is 0.459 e. The minimum Gasteiger partial charge on any atom is -0.459 e. The van der Waals surface area contributed by atoms with E-state index in [2.05, 4.69) is 20.3 Å². The quantitative estimate of drug-likeness (QED) is 0.418. The highest BCUT2D eigenvalue weighted by Gasteiger charge is 2.36. The van der Waals surface area contributed by atoms with E-state index in [1.54, 1.807) is 35.2 Å². The molecule has 0 radical (unpaired) electrons. The van der Waals surface area contributed by atoms with Crippen LogP contribution in [-0.4, -0.2) is 49.4 Å². The van der Waals surface area contributed by atoms with Gasteiger partial charge in [0.25, 0.3) is 0 Å². The second kappa shape index (κ2) is 9.35. The van der Waals surface area contributed by atoms with Gasteiger partial charge in [0.2, 0.25) is 0 Å². The fourth-order valence-corrected chi connectivity index (χ4v) is 3.82. The summed E-state index contributed by atoms with van der Waals surface area (Å²) in [6.45, 7) is 0.560. The Morgan fingerprint density at radius 2 is 1.85 bits per heavy atom. The number of nitrogens with zero attached hydrogens (tertiary/aromatic N) is 4. The number of anilines is 1. The Balaban J connectivity index is 1.26. The molecule has 0 aliphatic carbocycles. The number of imidazole rings is 1. The van der Waals surface area contributed by atoms with Gasteiger partial charge in [0.15, 0.2) is 17.0 Å². The van der Waals surface area contributed by atoms with Crippen molar-refractivity contribution in [1.82, 2.24) is 19.5 Å². The third-order valence-electron chi connectivity index (χ3n) is 5.56. The summed E-state index contributed by atoms with van der Waals surface area (Å²) in [5.41, 5.74) is 2.79. The van der Waals surface area contributed by atoms with Gasteiger partial charge in [-0.25, -0.2) is 19.7 Å². The number of hydrogen-bond donors (Lipinski definition) is 2. The van der Waals surface area contributed by atoms with Gasteiger partial charge in [0.1, 0.15) is 25.3 Å². The van der Waals surface area contributed by atoms with E-state index in [0.29, 0.717) is 35.5 Å². The molecule has 168 valence electrons. The second-order valence-electron chi connectivity index (χ2n) is 7.78. The maximum atomic E-state index is 12.2. The summed E-state index contributed by atoms with van der Waals surface area (Å²) < 4.78 is 13.1. The molecule has 2 aromatic carbocycles.